The van der Waals surface area contributed by atoms with Crippen LogP contribution in [-0.4, -0.2) is 11.1 Å². The molecule has 0 bridgehead atoms. The van der Waals surface area contributed by atoms with Crippen LogP contribution in [0.3, 0.4) is 0 Å². The molecule has 1 aliphatic carbocycles. The summed E-state index contributed by atoms with van der Waals surface area (Å²) in [5.74, 6) is -0.998. The summed E-state index contributed by atoms with van der Waals surface area (Å²) in [6.07, 6.45) is 0.226. The smallest absolute Gasteiger partial charge is 0.335 e. The van der Waals surface area contributed by atoms with E-state index in [1.807, 2.05) is 0 Å². The summed E-state index contributed by atoms with van der Waals surface area (Å²) in [4.78, 5) is 10.6. The molecular weight excluding hydrogens is 171 g/mol. The van der Waals surface area contributed by atoms with Crippen LogP contribution < -0.4 is 0 Å². The minimum atomic E-state index is -0.998. The van der Waals surface area contributed by atoms with Crippen LogP contribution in [0, 0.1) is 0 Å². The number of alkyl halides is 1. The molecule has 0 fully saturated rings. The highest BCUT2D eigenvalue weighted by Crippen LogP contribution is 2.34. The predicted octanol–water partition coefficient (Wildman–Crippen LogP) is 2.34. The van der Waals surface area contributed by atoms with Crippen molar-refractivity contribution in [3.05, 3.63) is 34.9 Å². The molecule has 1 aromatic carbocycles. The Kier molecular flexibility index (Phi) is 1.79. The van der Waals surface area contributed by atoms with Gasteiger partial charge in [0.05, 0.1) is 5.56 Å². The molecule has 2 nitrogen and oxygen atoms in total. The fourth-order valence-electron chi connectivity index (χ4n) is 1.68. The number of carboxylic acids is 1. The maximum Gasteiger partial charge on any atom is 0.335 e. The number of hydrogen-bond acceptors (Lipinski definition) is 1. The van der Waals surface area contributed by atoms with Crippen LogP contribution in [0.4, 0.5) is 4.39 Å². The van der Waals surface area contributed by atoms with Gasteiger partial charge < -0.3 is 5.11 Å². The predicted molar refractivity (Wildman–Crippen MR) is 45.6 cm³/mol. The molecule has 0 saturated carbocycles. The van der Waals surface area contributed by atoms with Crippen molar-refractivity contribution in [3.8, 4) is 0 Å². The van der Waals surface area contributed by atoms with Crippen molar-refractivity contribution in [2.75, 3.05) is 0 Å². The van der Waals surface area contributed by atoms with Crippen molar-refractivity contribution in [2.45, 2.75) is 19.0 Å². The largest absolute Gasteiger partial charge is 0.478 e. The fraction of sp³-hybridized carbons (Fsp3) is 0.300. The first kappa shape index (κ1) is 8.23. The van der Waals surface area contributed by atoms with Gasteiger partial charge in [0.15, 0.2) is 0 Å². The number of aromatic carboxylic acids is 1. The number of carboxylic acid groups (broad SMARTS) is 1. The molecule has 0 radical (unpaired) electrons. The molecule has 0 saturated heterocycles. The van der Waals surface area contributed by atoms with Gasteiger partial charge in [-0.15, -0.1) is 0 Å². The van der Waals surface area contributed by atoms with Crippen LogP contribution in [-0.2, 0) is 6.42 Å². The summed E-state index contributed by atoms with van der Waals surface area (Å²) in [6, 6.07) is 4.67. The average molecular weight is 180 g/mol. The Morgan fingerprint density at radius 1 is 1.54 bits per heavy atom. The summed E-state index contributed by atoms with van der Waals surface area (Å²) in [6.45, 7) is 0. The monoisotopic (exact) mass is 180 g/mol. The Hall–Kier alpha value is -1.38. The molecule has 0 aromatic heterocycles. The molecule has 1 N–H and O–H groups in total. The lowest BCUT2D eigenvalue weighted by atomic mass is 10.1. The third kappa shape index (κ3) is 1.30. The summed E-state index contributed by atoms with van der Waals surface area (Å²) < 4.78 is 13.2. The van der Waals surface area contributed by atoms with E-state index in [0.717, 1.165) is 12.0 Å². The zero-order valence-corrected chi connectivity index (χ0v) is 6.96. The zero-order chi connectivity index (χ0) is 9.42. The van der Waals surface area contributed by atoms with E-state index in [-0.39, 0.29) is 5.56 Å². The van der Waals surface area contributed by atoms with E-state index in [1.54, 1.807) is 6.07 Å². The van der Waals surface area contributed by atoms with Crippen LogP contribution >= 0.6 is 0 Å². The quantitative estimate of drug-likeness (QED) is 0.720. The second kappa shape index (κ2) is 2.83. The highest BCUT2D eigenvalue weighted by atomic mass is 19.1. The third-order valence-corrected chi connectivity index (χ3v) is 2.40. The van der Waals surface area contributed by atoms with E-state index in [4.69, 9.17) is 5.11 Å². The van der Waals surface area contributed by atoms with E-state index in [2.05, 4.69) is 0 Å². The Morgan fingerprint density at radius 2 is 2.31 bits per heavy atom. The first-order chi connectivity index (χ1) is 6.18. The Bertz CT molecular complexity index is 360. The SMILES string of the molecule is O=C(O)c1ccc2c(c1)C(F)CC2. The fourth-order valence-corrected chi connectivity index (χ4v) is 1.68. The molecule has 1 atom stereocenters. The van der Waals surface area contributed by atoms with Crippen LogP contribution in [0.5, 0.6) is 0 Å². The van der Waals surface area contributed by atoms with Gasteiger partial charge in [-0.2, -0.15) is 0 Å². The van der Waals surface area contributed by atoms with Gasteiger partial charge in [0, 0.05) is 0 Å². The highest BCUT2D eigenvalue weighted by Gasteiger charge is 2.22. The minimum Gasteiger partial charge on any atom is -0.478 e. The normalized spacial score (nSPS) is 19.9. The maximum absolute atomic E-state index is 13.2. The first-order valence-electron chi connectivity index (χ1n) is 4.18. The molecule has 1 aromatic rings. The van der Waals surface area contributed by atoms with Crippen molar-refractivity contribution >= 4 is 5.97 Å². The van der Waals surface area contributed by atoms with Crippen LogP contribution in [0.1, 0.15) is 34.1 Å². The van der Waals surface area contributed by atoms with Gasteiger partial charge in [-0.1, -0.05) is 6.07 Å². The van der Waals surface area contributed by atoms with Gasteiger partial charge in [0.1, 0.15) is 6.17 Å². The number of fused-ring (bicyclic) bond motifs is 1. The van der Waals surface area contributed by atoms with Gasteiger partial charge >= 0.3 is 5.97 Å². The summed E-state index contributed by atoms with van der Waals surface area (Å²) >= 11 is 0. The molecule has 0 amide bonds. The van der Waals surface area contributed by atoms with Gasteiger partial charge in [-0.05, 0) is 36.1 Å². The van der Waals surface area contributed by atoms with Gasteiger partial charge in [0.25, 0.3) is 0 Å². The van der Waals surface area contributed by atoms with Gasteiger partial charge in [0.2, 0.25) is 0 Å². The number of aryl methyl sites for hydroxylation is 1. The Morgan fingerprint density at radius 3 is 3.00 bits per heavy atom. The summed E-state index contributed by atoms with van der Waals surface area (Å²) in [5.41, 5.74) is 1.67. The lowest BCUT2D eigenvalue weighted by molar-refractivity contribution is 0.0696. The van der Waals surface area contributed by atoms with Gasteiger partial charge in [-0.3, -0.25) is 0 Å². The molecular formula is C10H9FO2. The first-order valence-corrected chi connectivity index (χ1v) is 4.18. The van der Waals surface area contributed by atoms with Crippen molar-refractivity contribution < 1.29 is 14.3 Å². The molecule has 13 heavy (non-hydrogen) atoms. The molecule has 1 aliphatic rings. The Balaban J connectivity index is 2.47. The van der Waals surface area contributed by atoms with Crippen molar-refractivity contribution in [2.24, 2.45) is 0 Å². The minimum absolute atomic E-state index is 0.170. The number of rotatable bonds is 1. The highest BCUT2D eigenvalue weighted by molar-refractivity contribution is 5.88. The molecule has 68 valence electrons. The molecule has 3 heteroatoms. The molecule has 1 unspecified atom stereocenters. The maximum atomic E-state index is 13.2. The standard InChI is InChI=1S/C10H9FO2/c11-9-4-3-6-1-2-7(10(12)13)5-8(6)9/h1-2,5,9H,3-4H2,(H,12,13). The zero-order valence-electron chi connectivity index (χ0n) is 6.96. The number of carbonyl (C=O) groups is 1. The van der Waals surface area contributed by atoms with Crippen molar-refractivity contribution in [1.29, 1.82) is 0 Å². The van der Waals surface area contributed by atoms with Crippen molar-refractivity contribution in [1.82, 2.24) is 0 Å². The topological polar surface area (TPSA) is 37.3 Å². The summed E-state index contributed by atoms with van der Waals surface area (Å²) in [5, 5.41) is 8.68. The number of hydrogen-bond donors (Lipinski definition) is 1. The molecule has 2 rings (SSSR count). The van der Waals surface area contributed by atoms with Crippen LogP contribution in [0.15, 0.2) is 18.2 Å². The summed E-state index contributed by atoms with van der Waals surface area (Å²) in [7, 11) is 0. The lowest BCUT2D eigenvalue weighted by Gasteiger charge is -2.02. The number of halogens is 1. The molecule has 0 heterocycles. The van der Waals surface area contributed by atoms with E-state index >= 15 is 0 Å². The van der Waals surface area contributed by atoms with Crippen LogP contribution in [0.25, 0.3) is 0 Å². The number of benzene rings is 1. The van der Waals surface area contributed by atoms with Gasteiger partial charge in [-0.25, -0.2) is 9.18 Å². The van der Waals surface area contributed by atoms with Crippen LogP contribution in [0.2, 0.25) is 0 Å². The van der Waals surface area contributed by atoms with E-state index < -0.39 is 12.1 Å². The third-order valence-electron chi connectivity index (χ3n) is 2.40. The second-order valence-electron chi connectivity index (χ2n) is 3.22. The van der Waals surface area contributed by atoms with E-state index in [1.165, 1.54) is 12.1 Å². The average Bonchev–Trinajstić information content (AvgIpc) is 2.47. The second-order valence-corrected chi connectivity index (χ2v) is 3.22. The Labute approximate surface area is 75.0 Å². The molecule has 0 aliphatic heterocycles. The lowest BCUT2D eigenvalue weighted by Crippen LogP contribution is -1.97. The van der Waals surface area contributed by atoms with E-state index in [0.29, 0.717) is 12.0 Å². The molecule has 0 spiro atoms. The van der Waals surface area contributed by atoms with Crippen molar-refractivity contribution in [3.63, 3.8) is 0 Å². The van der Waals surface area contributed by atoms with E-state index in [9.17, 15) is 9.18 Å².